The fourth-order valence-electron chi connectivity index (χ4n) is 2.18. The molecule has 0 saturated carbocycles. The molecule has 166 valence electrons. The van der Waals surface area contributed by atoms with Crippen LogP contribution in [0.4, 0.5) is 4.79 Å². The summed E-state index contributed by atoms with van der Waals surface area (Å²) in [6.45, 7) is 22.5. The first-order valence-corrected chi connectivity index (χ1v) is 13.2. The van der Waals surface area contributed by atoms with E-state index in [1.807, 2.05) is 41.5 Å². The summed E-state index contributed by atoms with van der Waals surface area (Å²) in [5.74, 6) is -0.427. The second-order valence-corrected chi connectivity index (χ2v) is 15.1. The van der Waals surface area contributed by atoms with E-state index in [-0.39, 0.29) is 22.9 Å². The molecule has 0 fully saturated rings. The minimum absolute atomic E-state index is 0.00263. The van der Waals surface area contributed by atoms with E-state index in [1.54, 1.807) is 7.05 Å². The Bertz CT molecular complexity index is 523. The van der Waals surface area contributed by atoms with Crippen molar-refractivity contribution < 1.29 is 18.8 Å². The molecule has 6 nitrogen and oxygen atoms in total. The van der Waals surface area contributed by atoms with E-state index in [0.717, 1.165) is 6.42 Å². The number of nitrogens with zero attached hydrogens (tertiary/aromatic N) is 1. The van der Waals surface area contributed by atoms with Crippen molar-refractivity contribution in [2.24, 2.45) is 5.92 Å². The molecule has 0 aromatic carbocycles. The van der Waals surface area contributed by atoms with Gasteiger partial charge in [0, 0.05) is 19.6 Å². The zero-order valence-corrected chi connectivity index (χ0v) is 21.2. The molecule has 0 aromatic heterocycles. The van der Waals surface area contributed by atoms with Crippen molar-refractivity contribution in [3.8, 4) is 0 Å². The summed E-state index contributed by atoms with van der Waals surface area (Å²) in [7, 11) is -0.442. The highest BCUT2D eigenvalue weighted by Gasteiger charge is 2.42. The molecular formula is C21H44N2O4Si. The molecule has 0 unspecified atom stereocenters. The highest BCUT2D eigenvalue weighted by atomic mass is 28.4. The van der Waals surface area contributed by atoms with Crippen molar-refractivity contribution in [1.82, 2.24) is 10.2 Å². The van der Waals surface area contributed by atoms with E-state index in [4.69, 9.17) is 9.16 Å². The Labute approximate surface area is 173 Å². The number of nitrogens with one attached hydrogen (secondary N) is 1. The maximum Gasteiger partial charge on any atom is 0.410 e. The lowest BCUT2D eigenvalue weighted by Gasteiger charge is -2.41. The molecule has 0 saturated heterocycles. The lowest BCUT2D eigenvalue weighted by atomic mass is 10.0. The molecule has 0 aliphatic heterocycles. The summed E-state index contributed by atoms with van der Waals surface area (Å²) < 4.78 is 12.0. The molecular weight excluding hydrogens is 372 g/mol. The Morgan fingerprint density at radius 1 is 1.07 bits per heavy atom. The molecule has 2 amide bonds. The Morgan fingerprint density at radius 3 is 1.96 bits per heavy atom. The second kappa shape index (κ2) is 10.1. The average Bonchev–Trinajstić information content (AvgIpc) is 2.50. The van der Waals surface area contributed by atoms with Gasteiger partial charge in [0.15, 0.2) is 8.32 Å². The van der Waals surface area contributed by atoms with Gasteiger partial charge in [-0.05, 0) is 52.2 Å². The number of carbonyl (C=O) groups is 2. The first-order chi connectivity index (χ1) is 12.4. The van der Waals surface area contributed by atoms with Crippen LogP contribution in [-0.4, -0.2) is 56.6 Å². The Balaban J connectivity index is 5.50. The van der Waals surface area contributed by atoms with Gasteiger partial charge in [0.25, 0.3) is 0 Å². The maximum atomic E-state index is 12.8. The predicted octanol–water partition coefficient (Wildman–Crippen LogP) is 4.79. The van der Waals surface area contributed by atoms with Gasteiger partial charge in [0.1, 0.15) is 5.60 Å². The number of amides is 2. The molecule has 1 N–H and O–H groups in total. The van der Waals surface area contributed by atoms with Crippen LogP contribution in [0.25, 0.3) is 0 Å². The van der Waals surface area contributed by atoms with Gasteiger partial charge < -0.3 is 19.4 Å². The summed E-state index contributed by atoms with van der Waals surface area (Å²) in [5, 5.41) is 3.04. The Kier molecular flexibility index (Phi) is 9.71. The Morgan fingerprint density at radius 2 is 1.57 bits per heavy atom. The fraction of sp³-hybridized carbons (Fsp3) is 0.905. The van der Waals surface area contributed by atoms with Crippen LogP contribution in [0, 0.1) is 5.92 Å². The van der Waals surface area contributed by atoms with Crippen molar-refractivity contribution in [2.45, 2.75) is 105 Å². The van der Waals surface area contributed by atoms with Crippen LogP contribution < -0.4 is 5.32 Å². The van der Waals surface area contributed by atoms with E-state index >= 15 is 0 Å². The molecule has 0 aromatic rings. The molecule has 0 aliphatic carbocycles. The topological polar surface area (TPSA) is 67.9 Å². The first kappa shape index (κ1) is 26.9. The third-order valence-corrected chi connectivity index (χ3v) is 9.89. The zero-order valence-electron chi connectivity index (χ0n) is 20.2. The normalized spacial score (nSPS) is 16.1. The first-order valence-electron chi connectivity index (χ1n) is 10.3. The largest absolute Gasteiger partial charge is 0.444 e. The highest BCUT2D eigenvalue weighted by Crippen LogP contribution is 2.38. The number of likely N-dealkylation sites (N-methyl/N-ethyl adjacent to an activating group) is 1. The number of rotatable bonds is 8. The second-order valence-electron chi connectivity index (χ2n) is 10.4. The van der Waals surface area contributed by atoms with Crippen LogP contribution in [-0.2, 0) is 14.0 Å². The summed E-state index contributed by atoms with van der Waals surface area (Å²) in [5.41, 5.74) is -0.569. The number of carbonyl (C=O) groups excluding carboxylic acids is 2. The lowest BCUT2D eigenvalue weighted by molar-refractivity contribution is -0.128. The van der Waals surface area contributed by atoms with Crippen LogP contribution >= 0.6 is 0 Å². The third-order valence-electron chi connectivity index (χ3n) is 5.38. The third kappa shape index (κ3) is 8.95. The molecule has 0 aliphatic rings. The molecule has 0 bridgehead atoms. The molecule has 0 rings (SSSR count). The standard InChI is InChI=1S/C21H44N2O4Si/c1-13-15(2)22-18(24)16(3)17(27-28(11,12)21(7,8)9)14-23(10)19(25)26-20(4,5)6/h15-17H,13-14H2,1-12H3,(H,22,24)/t15-,16-,17+/m1/s1. The molecule has 3 atom stereocenters. The quantitative estimate of drug-likeness (QED) is 0.577. The van der Waals surface area contributed by atoms with Crippen molar-refractivity contribution >= 4 is 20.3 Å². The van der Waals surface area contributed by atoms with E-state index in [1.165, 1.54) is 4.90 Å². The van der Waals surface area contributed by atoms with Crippen LogP contribution in [0.5, 0.6) is 0 Å². The molecule has 0 radical (unpaired) electrons. The van der Waals surface area contributed by atoms with Gasteiger partial charge in [-0.3, -0.25) is 4.79 Å². The summed E-state index contributed by atoms with van der Waals surface area (Å²) in [6.07, 6.45) is 0.0534. The van der Waals surface area contributed by atoms with Crippen LogP contribution in [0.2, 0.25) is 18.1 Å². The number of ether oxygens (including phenoxy) is 1. The van der Waals surface area contributed by atoms with Gasteiger partial charge in [-0.15, -0.1) is 0 Å². The monoisotopic (exact) mass is 416 g/mol. The zero-order chi connectivity index (χ0) is 22.5. The van der Waals surface area contributed by atoms with Gasteiger partial charge in [-0.2, -0.15) is 0 Å². The Hall–Kier alpha value is -1.08. The molecule has 0 heterocycles. The van der Waals surface area contributed by atoms with Crippen molar-refractivity contribution in [2.75, 3.05) is 13.6 Å². The summed E-state index contributed by atoms with van der Waals surface area (Å²) in [4.78, 5) is 26.7. The maximum absolute atomic E-state index is 12.8. The SMILES string of the molecule is CC[C@@H](C)NC(=O)[C@H](C)[C@H](CN(C)C(=O)OC(C)(C)C)O[Si](C)(C)C(C)(C)C. The van der Waals surface area contributed by atoms with Gasteiger partial charge in [0.05, 0.1) is 12.0 Å². The van der Waals surface area contributed by atoms with Gasteiger partial charge >= 0.3 is 6.09 Å². The van der Waals surface area contributed by atoms with E-state index in [0.29, 0.717) is 6.54 Å². The van der Waals surface area contributed by atoms with Crippen LogP contribution in [0.1, 0.15) is 68.7 Å². The minimum Gasteiger partial charge on any atom is -0.444 e. The van der Waals surface area contributed by atoms with Crippen molar-refractivity contribution in [1.29, 1.82) is 0 Å². The van der Waals surface area contributed by atoms with Crippen LogP contribution in [0.3, 0.4) is 0 Å². The van der Waals surface area contributed by atoms with Crippen molar-refractivity contribution in [3.63, 3.8) is 0 Å². The smallest absolute Gasteiger partial charge is 0.410 e. The summed E-state index contributed by atoms with van der Waals surface area (Å²) in [6, 6.07) is 0.104. The van der Waals surface area contributed by atoms with Gasteiger partial charge in [-0.25, -0.2) is 4.79 Å². The predicted molar refractivity (Wildman–Crippen MR) is 118 cm³/mol. The molecule has 7 heteroatoms. The van der Waals surface area contributed by atoms with Crippen molar-refractivity contribution in [3.05, 3.63) is 0 Å². The van der Waals surface area contributed by atoms with E-state index in [9.17, 15) is 9.59 Å². The van der Waals surface area contributed by atoms with E-state index in [2.05, 4.69) is 39.2 Å². The van der Waals surface area contributed by atoms with Gasteiger partial charge in [-0.1, -0.05) is 34.6 Å². The van der Waals surface area contributed by atoms with E-state index < -0.39 is 26.1 Å². The van der Waals surface area contributed by atoms with Gasteiger partial charge in [0.2, 0.25) is 5.91 Å². The highest BCUT2D eigenvalue weighted by molar-refractivity contribution is 6.74. The minimum atomic E-state index is -2.13. The fourth-order valence-corrected chi connectivity index (χ4v) is 3.57. The lowest BCUT2D eigenvalue weighted by Crippen LogP contribution is -2.52. The number of hydrogen-bond donors (Lipinski definition) is 1. The molecule has 0 spiro atoms. The summed E-state index contributed by atoms with van der Waals surface area (Å²) >= 11 is 0. The molecule has 28 heavy (non-hydrogen) atoms. The average molecular weight is 417 g/mol. The van der Waals surface area contributed by atoms with Crippen LogP contribution in [0.15, 0.2) is 0 Å². The number of hydrogen-bond acceptors (Lipinski definition) is 4.